The Hall–Kier alpha value is -0.180. The van der Waals surface area contributed by atoms with E-state index in [1.54, 1.807) is 0 Å². The topological polar surface area (TPSA) is 92.3 Å². The molecule has 0 amide bonds. The van der Waals surface area contributed by atoms with Crippen molar-refractivity contribution in [3.63, 3.8) is 0 Å². The van der Waals surface area contributed by atoms with Crippen LogP contribution in [0, 0.1) is 0 Å². The SMILES string of the molecule is CC(C)(CNS(=O)(=O)CCC1CCCCN1)S(C)(=O)=O. The normalized spacial score (nSPS) is 21.9. The second kappa shape index (κ2) is 6.72. The van der Waals surface area contributed by atoms with Crippen LogP contribution in [0.3, 0.4) is 0 Å². The first kappa shape index (κ1) is 17.9. The van der Waals surface area contributed by atoms with Crippen molar-refractivity contribution in [2.24, 2.45) is 0 Å². The lowest BCUT2D eigenvalue weighted by atomic mass is 10.0. The third kappa shape index (κ3) is 5.67. The van der Waals surface area contributed by atoms with Gasteiger partial charge in [0.25, 0.3) is 0 Å². The fraction of sp³-hybridized carbons (Fsp3) is 1.00. The number of hydrogen-bond acceptors (Lipinski definition) is 5. The summed E-state index contributed by atoms with van der Waals surface area (Å²) in [6.07, 6.45) is 4.96. The van der Waals surface area contributed by atoms with Crippen molar-refractivity contribution in [2.75, 3.05) is 25.1 Å². The summed E-state index contributed by atoms with van der Waals surface area (Å²) < 4.78 is 48.2. The number of hydrogen-bond donors (Lipinski definition) is 2. The molecule has 20 heavy (non-hydrogen) atoms. The summed E-state index contributed by atoms with van der Waals surface area (Å²) >= 11 is 0. The summed E-state index contributed by atoms with van der Waals surface area (Å²) in [5.41, 5.74) is 0. The highest BCUT2D eigenvalue weighted by atomic mass is 32.2. The number of piperidine rings is 1. The average Bonchev–Trinajstić information content (AvgIpc) is 2.34. The Morgan fingerprint density at radius 1 is 1.20 bits per heavy atom. The molecule has 0 aromatic heterocycles. The van der Waals surface area contributed by atoms with Crippen molar-refractivity contribution in [1.82, 2.24) is 10.0 Å². The first-order valence-electron chi connectivity index (χ1n) is 6.94. The highest BCUT2D eigenvalue weighted by Gasteiger charge is 2.31. The van der Waals surface area contributed by atoms with Gasteiger partial charge in [-0.2, -0.15) is 0 Å². The second-order valence-electron chi connectivity index (χ2n) is 6.11. The van der Waals surface area contributed by atoms with E-state index in [-0.39, 0.29) is 18.3 Å². The van der Waals surface area contributed by atoms with Crippen molar-refractivity contribution in [1.29, 1.82) is 0 Å². The Bertz CT molecular complexity index is 506. The molecule has 8 heteroatoms. The Labute approximate surface area is 122 Å². The molecule has 1 fully saturated rings. The summed E-state index contributed by atoms with van der Waals surface area (Å²) in [7, 11) is -6.73. The molecule has 0 aromatic carbocycles. The monoisotopic (exact) mass is 326 g/mol. The van der Waals surface area contributed by atoms with Crippen molar-refractivity contribution in [2.45, 2.75) is 50.3 Å². The molecule has 1 saturated heterocycles. The molecule has 0 aliphatic carbocycles. The smallest absolute Gasteiger partial charge is 0.211 e. The van der Waals surface area contributed by atoms with Crippen LogP contribution < -0.4 is 10.0 Å². The van der Waals surface area contributed by atoms with Crippen LogP contribution in [0.2, 0.25) is 0 Å². The predicted octanol–water partition coefficient (Wildman–Crippen LogP) is 0.261. The molecule has 1 heterocycles. The van der Waals surface area contributed by atoms with E-state index in [0.717, 1.165) is 32.1 Å². The van der Waals surface area contributed by atoms with Gasteiger partial charge in [-0.15, -0.1) is 0 Å². The zero-order valence-electron chi connectivity index (χ0n) is 12.5. The largest absolute Gasteiger partial charge is 0.314 e. The molecule has 1 aliphatic heterocycles. The average molecular weight is 326 g/mol. The van der Waals surface area contributed by atoms with Crippen LogP contribution in [-0.4, -0.2) is 52.7 Å². The molecule has 120 valence electrons. The summed E-state index contributed by atoms with van der Waals surface area (Å²) in [6.45, 7) is 3.90. The highest BCUT2D eigenvalue weighted by molar-refractivity contribution is 7.92. The van der Waals surface area contributed by atoms with Crippen LogP contribution in [0.15, 0.2) is 0 Å². The van der Waals surface area contributed by atoms with E-state index in [2.05, 4.69) is 10.0 Å². The summed E-state index contributed by atoms with van der Waals surface area (Å²) in [4.78, 5) is 0. The molecule has 1 atom stereocenters. The van der Waals surface area contributed by atoms with Crippen molar-refractivity contribution in [3.8, 4) is 0 Å². The van der Waals surface area contributed by atoms with Crippen LogP contribution in [0.4, 0.5) is 0 Å². The molecule has 2 N–H and O–H groups in total. The zero-order chi connectivity index (χ0) is 15.4. The Morgan fingerprint density at radius 2 is 1.85 bits per heavy atom. The van der Waals surface area contributed by atoms with E-state index in [4.69, 9.17) is 0 Å². The standard InChI is InChI=1S/C12H26N2O4S2/c1-12(2,19(3,15)16)10-14-20(17,18)9-7-11-6-4-5-8-13-11/h11,13-14H,4-10H2,1-3H3. The van der Waals surface area contributed by atoms with E-state index >= 15 is 0 Å². The van der Waals surface area contributed by atoms with Crippen molar-refractivity contribution < 1.29 is 16.8 Å². The van der Waals surface area contributed by atoms with E-state index in [1.165, 1.54) is 13.8 Å². The molecule has 0 spiro atoms. The zero-order valence-corrected chi connectivity index (χ0v) is 14.1. The third-order valence-electron chi connectivity index (χ3n) is 3.87. The van der Waals surface area contributed by atoms with E-state index in [9.17, 15) is 16.8 Å². The fourth-order valence-corrected chi connectivity index (χ4v) is 3.70. The Balaban J connectivity index is 2.45. The van der Waals surface area contributed by atoms with Gasteiger partial charge in [-0.3, -0.25) is 0 Å². The van der Waals surface area contributed by atoms with Gasteiger partial charge in [0, 0.05) is 18.8 Å². The van der Waals surface area contributed by atoms with Crippen LogP contribution in [0.5, 0.6) is 0 Å². The lowest BCUT2D eigenvalue weighted by Crippen LogP contribution is -2.45. The van der Waals surface area contributed by atoms with Crippen molar-refractivity contribution in [3.05, 3.63) is 0 Å². The van der Waals surface area contributed by atoms with Gasteiger partial charge in [-0.1, -0.05) is 6.42 Å². The van der Waals surface area contributed by atoms with Gasteiger partial charge in [-0.25, -0.2) is 21.6 Å². The molecular formula is C12H26N2O4S2. The van der Waals surface area contributed by atoms with Gasteiger partial charge in [0.1, 0.15) is 0 Å². The summed E-state index contributed by atoms with van der Waals surface area (Å²) in [5.74, 6) is 0.0323. The van der Waals surface area contributed by atoms with Crippen LogP contribution in [0.1, 0.15) is 39.5 Å². The molecule has 1 aliphatic rings. The molecule has 0 radical (unpaired) electrons. The number of rotatable bonds is 7. The van der Waals surface area contributed by atoms with Crippen LogP contribution >= 0.6 is 0 Å². The third-order valence-corrected chi connectivity index (χ3v) is 7.38. The van der Waals surface area contributed by atoms with Gasteiger partial charge in [0.15, 0.2) is 9.84 Å². The molecular weight excluding hydrogens is 300 g/mol. The maximum Gasteiger partial charge on any atom is 0.211 e. The van der Waals surface area contributed by atoms with E-state index in [1.807, 2.05) is 0 Å². The van der Waals surface area contributed by atoms with Gasteiger partial charge >= 0.3 is 0 Å². The lowest BCUT2D eigenvalue weighted by Gasteiger charge is -2.25. The maximum atomic E-state index is 11.9. The summed E-state index contributed by atoms with van der Waals surface area (Å²) in [5, 5.41) is 3.30. The fourth-order valence-electron chi connectivity index (χ4n) is 1.95. The minimum Gasteiger partial charge on any atom is -0.314 e. The van der Waals surface area contributed by atoms with E-state index < -0.39 is 24.6 Å². The molecule has 1 unspecified atom stereocenters. The van der Waals surface area contributed by atoms with Crippen molar-refractivity contribution >= 4 is 19.9 Å². The minimum absolute atomic E-state index is 0.0323. The van der Waals surface area contributed by atoms with Gasteiger partial charge in [-0.05, 0) is 39.7 Å². The quantitative estimate of drug-likeness (QED) is 0.700. The number of sulfonamides is 1. The molecule has 0 aromatic rings. The first-order chi connectivity index (χ1) is 9.04. The molecule has 1 rings (SSSR count). The first-order valence-corrected chi connectivity index (χ1v) is 10.5. The van der Waals surface area contributed by atoms with E-state index in [0.29, 0.717) is 6.42 Å². The molecule has 0 bridgehead atoms. The van der Waals surface area contributed by atoms with Gasteiger partial charge in [0.2, 0.25) is 10.0 Å². The van der Waals surface area contributed by atoms with Gasteiger partial charge in [0.05, 0.1) is 10.5 Å². The predicted molar refractivity (Wildman–Crippen MR) is 81.0 cm³/mol. The molecule has 6 nitrogen and oxygen atoms in total. The molecule has 0 saturated carbocycles. The number of nitrogens with one attached hydrogen (secondary N) is 2. The minimum atomic E-state index is -3.43. The lowest BCUT2D eigenvalue weighted by molar-refractivity contribution is 0.392. The Morgan fingerprint density at radius 3 is 2.35 bits per heavy atom. The van der Waals surface area contributed by atoms with Crippen LogP contribution in [0.25, 0.3) is 0 Å². The number of sulfone groups is 1. The Kier molecular flexibility index (Phi) is 6.01. The van der Waals surface area contributed by atoms with Crippen LogP contribution in [-0.2, 0) is 19.9 Å². The highest BCUT2D eigenvalue weighted by Crippen LogP contribution is 2.15. The second-order valence-corrected chi connectivity index (χ2v) is 10.7. The summed E-state index contributed by atoms with van der Waals surface area (Å²) in [6, 6.07) is 0.253. The van der Waals surface area contributed by atoms with Gasteiger partial charge < -0.3 is 5.32 Å². The maximum absolute atomic E-state index is 11.9.